The Labute approximate surface area is 123 Å². The lowest BCUT2D eigenvalue weighted by molar-refractivity contribution is -0.115. The minimum atomic E-state index is -0.0445. The Morgan fingerprint density at radius 1 is 0.952 bits per heavy atom. The number of fused-ring (bicyclic) bond motifs is 1. The zero-order chi connectivity index (χ0) is 14.7. The van der Waals surface area contributed by atoms with Gasteiger partial charge in [-0.15, -0.1) is 0 Å². The molecule has 3 aromatic rings. The Hall–Kier alpha value is -2.81. The molecule has 3 aromatic carbocycles. The van der Waals surface area contributed by atoms with Crippen molar-refractivity contribution in [1.29, 1.82) is 0 Å². The Bertz CT molecular complexity index is 791. The molecule has 0 atom stereocenters. The molecule has 3 nitrogen and oxygen atoms in total. The van der Waals surface area contributed by atoms with Gasteiger partial charge in [-0.05, 0) is 29.1 Å². The average molecular weight is 276 g/mol. The molecule has 104 valence electrons. The normalized spacial score (nSPS) is 10.5. The van der Waals surface area contributed by atoms with Crippen molar-refractivity contribution in [3.63, 3.8) is 0 Å². The predicted octanol–water partition coefficient (Wildman–Crippen LogP) is 3.60. The summed E-state index contributed by atoms with van der Waals surface area (Å²) >= 11 is 0. The van der Waals surface area contributed by atoms with Gasteiger partial charge >= 0.3 is 0 Å². The van der Waals surface area contributed by atoms with Crippen LogP contribution in [0.1, 0.15) is 5.56 Å². The van der Waals surface area contributed by atoms with Gasteiger partial charge in [0.1, 0.15) is 0 Å². The van der Waals surface area contributed by atoms with Gasteiger partial charge in [-0.25, -0.2) is 0 Å². The van der Waals surface area contributed by atoms with Gasteiger partial charge in [0.2, 0.25) is 5.91 Å². The van der Waals surface area contributed by atoms with Crippen LogP contribution < -0.4 is 11.1 Å². The average Bonchev–Trinajstić information content (AvgIpc) is 2.47. The monoisotopic (exact) mass is 276 g/mol. The molecule has 3 N–H and O–H groups in total. The summed E-state index contributed by atoms with van der Waals surface area (Å²) in [5.41, 5.74) is 8.15. The fourth-order valence-electron chi connectivity index (χ4n) is 2.42. The van der Waals surface area contributed by atoms with Gasteiger partial charge < -0.3 is 11.1 Å². The summed E-state index contributed by atoms with van der Waals surface area (Å²) in [6.45, 7) is 0. The molecule has 0 fully saturated rings. The Morgan fingerprint density at radius 3 is 2.57 bits per heavy atom. The van der Waals surface area contributed by atoms with E-state index in [4.69, 9.17) is 5.73 Å². The molecule has 0 saturated heterocycles. The highest BCUT2D eigenvalue weighted by Crippen LogP contribution is 2.23. The van der Waals surface area contributed by atoms with Crippen LogP contribution in [0.2, 0.25) is 0 Å². The Kier molecular flexibility index (Phi) is 3.56. The van der Waals surface area contributed by atoms with Crippen LogP contribution in [0.4, 0.5) is 11.4 Å². The number of rotatable bonds is 3. The van der Waals surface area contributed by atoms with Crippen LogP contribution in [0.15, 0.2) is 66.7 Å². The van der Waals surface area contributed by atoms with E-state index >= 15 is 0 Å². The minimum absolute atomic E-state index is 0.0445. The smallest absolute Gasteiger partial charge is 0.228 e. The van der Waals surface area contributed by atoms with E-state index in [9.17, 15) is 4.79 Å². The van der Waals surface area contributed by atoms with Crippen molar-refractivity contribution in [3.8, 4) is 0 Å². The van der Waals surface area contributed by atoms with E-state index in [1.54, 1.807) is 0 Å². The molecule has 3 heteroatoms. The molecule has 0 aromatic heterocycles. The number of carbonyl (C=O) groups is 1. The van der Waals surface area contributed by atoms with Gasteiger partial charge in [0.25, 0.3) is 0 Å². The molecular weight excluding hydrogens is 260 g/mol. The van der Waals surface area contributed by atoms with Crippen molar-refractivity contribution in [2.45, 2.75) is 6.42 Å². The third-order valence-corrected chi connectivity index (χ3v) is 3.38. The molecule has 3 rings (SSSR count). The van der Waals surface area contributed by atoms with E-state index in [1.807, 2.05) is 66.7 Å². The molecule has 0 aliphatic carbocycles. The fourth-order valence-corrected chi connectivity index (χ4v) is 2.42. The Morgan fingerprint density at radius 2 is 1.71 bits per heavy atom. The number of nitrogen functional groups attached to an aromatic ring is 1. The number of nitrogens with one attached hydrogen (secondary N) is 1. The number of benzene rings is 3. The number of hydrogen-bond acceptors (Lipinski definition) is 2. The lowest BCUT2D eigenvalue weighted by atomic mass is 10.1. The van der Waals surface area contributed by atoms with Crippen LogP contribution >= 0.6 is 0 Å². The first-order valence-corrected chi connectivity index (χ1v) is 6.84. The van der Waals surface area contributed by atoms with Crippen molar-refractivity contribution >= 4 is 28.1 Å². The third kappa shape index (κ3) is 3.03. The quantitative estimate of drug-likeness (QED) is 0.718. The fraction of sp³-hybridized carbons (Fsp3) is 0.0556. The zero-order valence-electron chi connectivity index (χ0n) is 11.5. The maximum Gasteiger partial charge on any atom is 0.228 e. The molecular formula is C18H16N2O. The van der Waals surface area contributed by atoms with Gasteiger partial charge in [-0.1, -0.05) is 48.5 Å². The summed E-state index contributed by atoms with van der Waals surface area (Å²) in [6.07, 6.45) is 0.314. The molecule has 0 bridgehead atoms. The summed E-state index contributed by atoms with van der Waals surface area (Å²) in [4.78, 5) is 12.2. The summed E-state index contributed by atoms with van der Waals surface area (Å²) < 4.78 is 0. The number of carbonyl (C=O) groups excluding carboxylic acids is 1. The molecule has 0 radical (unpaired) electrons. The van der Waals surface area contributed by atoms with Crippen LogP contribution in [0.25, 0.3) is 10.8 Å². The SMILES string of the molecule is Nc1cccc(CC(=O)Nc2cccc3ccccc23)c1. The summed E-state index contributed by atoms with van der Waals surface area (Å²) in [5, 5.41) is 5.13. The largest absolute Gasteiger partial charge is 0.399 e. The topological polar surface area (TPSA) is 55.1 Å². The highest BCUT2D eigenvalue weighted by atomic mass is 16.1. The first kappa shape index (κ1) is 13.2. The van der Waals surface area contributed by atoms with Gasteiger partial charge in [0, 0.05) is 16.8 Å². The van der Waals surface area contributed by atoms with Gasteiger partial charge in [-0.2, -0.15) is 0 Å². The maximum atomic E-state index is 12.2. The van der Waals surface area contributed by atoms with Crippen LogP contribution in [-0.4, -0.2) is 5.91 Å². The molecule has 0 spiro atoms. The van der Waals surface area contributed by atoms with E-state index in [0.717, 1.165) is 22.0 Å². The van der Waals surface area contributed by atoms with Crippen molar-refractivity contribution in [1.82, 2.24) is 0 Å². The van der Waals surface area contributed by atoms with E-state index in [1.165, 1.54) is 0 Å². The third-order valence-electron chi connectivity index (χ3n) is 3.38. The molecule has 0 saturated carbocycles. The minimum Gasteiger partial charge on any atom is -0.399 e. The second kappa shape index (κ2) is 5.67. The van der Waals surface area contributed by atoms with Crippen molar-refractivity contribution in [2.24, 2.45) is 0 Å². The lowest BCUT2D eigenvalue weighted by Crippen LogP contribution is -2.14. The first-order chi connectivity index (χ1) is 10.2. The van der Waals surface area contributed by atoms with E-state index < -0.39 is 0 Å². The highest BCUT2D eigenvalue weighted by molar-refractivity contribution is 6.02. The molecule has 21 heavy (non-hydrogen) atoms. The number of amides is 1. The molecule has 0 aliphatic heterocycles. The number of anilines is 2. The van der Waals surface area contributed by atoms with Crippen LogP contribution in [0.5, 0.6) is 0 Å². The van der Waals surface area contributed by atoms with Crippen LogP contribution in [0.3, 0.4) is 0 Å². The van der Waals surface area contributed by atoms with Gasteiger partial charge in [-0.3, -0.25) is 4.79 Å². The molecule has 0 unspecified atom stereocenters. The Balaban J connectivity index is 1.80. The number of hydrogen-bond donors (Lipinski definition) is 2. The van der Waals surface area contributed by atoms with Gasteiger partial charge in [0.05, 0.1) is 6.42 Å². The molecule has 1 amide bonds. The first-order valence-electron chi connectivity index (χ1n) is 6.84. The van der Waals surface area contributed by atoms with Crippen molar-refractivity contribution in [2.75, 3.05) is 11.1 Å². The molecule has 0 heterocycles. The van der Waals surface area contributed by atoms with Gasteiger partial charge in [0.15, 0.2) is 0 Å². The predicted molar refractivity (Wildman–Crippen MR) is 87.1 cm³/mol. The summed E-state index contributed by atoms with van der Waals surface area (Å²) in [5.74, 6) is -0.0445. The standard InChI is InChI=1S/C18H16N2O/c19-15-8-3-5-13(11-15)12-18(21)20-17-10-4-7-14-6-1-2-9-16(14)17/h1-11H,12,19H2,(H,20,21). The lowest BCUT2D eigenvalue weighted by Gasteiger charge is -2.09. The van der Waals surface area contributed by atoms with E-state index in [2.05, 4.69) is 5.32 Å². The van der Waals surface area contributed by atoms with Crippen LogP contribution in [-0.2, 0) is 11.2 Å². The highest BCUT2D eigenvalue weighted by Gasteiger charge is 2.06. The van der Waals surface area contributed by atoms with Crippen LogP contribution in [0, 0.1) is 0 Å². The van der Waals surface area contributed by atoms with Crippen molar-refractivity contribution < 1.29 is 4.79 Å². The maximum absolute atomic E-state index is 12.2. The summed E-state index contributed by atoms with van der Waals surface area (Å²) in [7, 11) is 0. The van der Waals surface area contributed by atoms with Crippen molar-refractivity contribution in [3.05, 3.63) is 72.3 Å². The second-order valence-corrected chi connectivity index (χ2v) is 5.00. The molecule has 0 aliphatic rings. The zero-order valence-corrected chi connectivity index (χ0v) is 11.5. The second-order valence-electron chi connectivity index (χ2n) is 5.00. The van der Waals surface area contributed by atoms with E-state index in [-0.39, 0.29) is 5.91 Å². The van der Waals surface area contributed by atoms with E-state index in [0.29, 0.717) is 12.1 Å². The number of nitrogens with two attached hydrogens (primary N) is 1. The summed E-state index contributed by atoms with van der Waals surface area (Å²) in [6, 6.07) is 21.3.